The van der Waals surface area contributed by atoms with Crippen LogP contribution in [0.2, 0.25) is 0 Å². The minimum atomic E-state index is -0.585. The molecule has 0 saturated heterocycles. The standard InChI is InChI=1S/C15H17NO5/c1-10-6-7-16(9-11-5-4-8-21-11)13(15(18)20-3)12(10)14(17)19-2/h4-8,10H,9H2,1-3H3/t10-/m0/s1. The highest BCUT2D eigenvalue weighted by Gasteiger charge is 2.32. The fourth-order valence-corrected chi connectivity index (χ4v) is 2.19. The van der Waals surface area contributed by atoms with Crippen molar-refractivity contribution >= 4 is 11.9 Å². The zero-order chi connectivity index (χ0) is 15.4. The molecular weight excluding hydrogens is 274 g/mol. The molecule has 0 saturated carbocycles. The molecule has 1 aromatic heterocycles. The Kier molecular flexibility index (Phi) is 4.47. The number of carbonyl (C=O) groups is 2. The van der Waals surface area contributed by atoms with Gasteiger partial charge in [-0.15, -0.1) is 0 Å². The van der Waals surface area contributed by atoms with Crippen LogP contribution in [-0.4, -0.2) is 31.1 Å². The molecule has 2 rings (SSSR count). The second kappa shape index (κ2) is 6.30. The van der Waals surface area contributed by atoms with Crippen molar-refractivity contribution in [3.05, 3.63) is 47.7 Å². The number of carbonyl (C=O) groups excluding carboxylic acids is 2. The Morgan fingerprint density at radius 2 is 2.00 bits per heavy atom. The summed E-state index contributed by atoms with van der Waals surface area (Å²) >= 11 is 0. The van der Waals surface area contributed by atoms with Gasteiger partial charge in [0.25, 0.3) is 0 Å². The van der Waals surface area contributed by atoms with Crippen molar-refractivity contribution in [2.45, 2.75) is 13.5 Å². The molecule has 1 aromatic rings. The summed E-state index contributed by atoms with van der Waals surface area (Å²) in [5.74, 6) is -0.700. The van der Waals surface area contributed by atoms with Crippen molar-refractivity contribution in [1.29, 1.82) is 0 Å². The van der Waals surface area contributed by atoms with E-state index in [1.807, 2.05) is 13.0 Å². The number of rotatable bonds is 4. The number of furan rings is 1. The van der Waals surface area contributed by atoms with Crippen LogP contribution in [-0.2, 0) is 25.6 Å². The molecule has 1 aliphatic heterocycles. The van der Waals surface area contributed by atoms with Crippen molar-refractivity contribution in [3.8, 4) is 0 Å². The molecule has 0 amide bonds. The van der Waals surface area contributed by atoms with Crippen molar-refractivity contribution in [3.63, 3.8) is 0 Å². The summed E-state index contributed by atoms with van der Waals surface area (Å²) in [6.07, 6.45) is 5.11. The first-order chi connectivity index (χ1) is 10.1. The Balaban J connectivity index is 2.43. The van der Waals surface area contributed by atoms with Crippen LogP contribution in [0, 0.1) is 5.92 Å². The van der Waals surface area contributed by atoms with Gasteiger partial charge in [-0.1, -0.05) is 13.0 Å². The van der Waals surface area contributed by atoms with E-state index in [2.05, 4.69) is 0 Å². The van der Waals surface area contributed by atoms with Crippen LogP contribution >= 0.6 is 0 Å². The Morgan fingerprint density at radius 1 is 1.29 bits per heavy atom. The van der Waals surface area contributed by atoms with Gasteiger partial charge in [0.2, 0.25) is 0 Å². The molecule has 1 aliphatic rings. The van der Waals surface area contributed by atoms with Gasteiger partial charge in [0.15, 0.2) is 0 Å². The lowest BCUT2D eigenvalue weighted by Crippen LogP contribution is -2.32. The van der Waals surface area contributed by atoms with Gasteiger partial charge in [-0.3, -0.25) is 0 Å². The summed E-state index contributed by atoms with van der Waals surface area (Å²) in [4.78, 5) is 25.7. The molecule has 21 heavy (non-hydrogen) atoms. The fourth-order valence-electron chi connectivity index (χ4n) is 2.19. The van der Waals surface area contributed by atoms with E-state index >= 15 is 0 Å². The SMILES string of the molecule is COC(=O)C1=C(C(=O)OC)N(Cc2ccco2)C=C[C@@H]1C. The first-order valence-electron chi connectivity index (χ1n) is 6.46. The molecule has 6 heteroatoms. The van der Waals surface area contributed by atoms with Gasteiger partial charge in [0.05, 0.1) is 32.6 Å². The number of hydrogen-bond donors (Lipinski definition) is 0. The van der Waals surface area contributed by atoms with Crippen LogP contribution in [0.4, 0.5) is 0 Å². The molecule has 1 atom stereocenters. The quantitative estimate of drug-likeness (QED) is 0.788. The van der Waals surface area contributed by atoms with Gasteiger partial charge < -0.3 is 18.8 Å². The van der Waals surface area contributed by atoms with E-state index in [1.165, 1.54) is 14.2 Å². The van der Waals surface area contributed by atoms with Crippen LogP contribution in [0.5, 0.6) is 0 Å². The largest absolute Gasteiger partial charge is 0.467 e. The topological polar surface area (TPSA) is 69.0 Å². The number of allylic oxidation sites excluding steroid dienone is 1. The van der Waals surface area contributed by atoms with E-state index in [4.69, 9.17) is 13.9 Å². The van der Waals surface area contributed by atoms with Crippen molar-refractivity contribution in [1.82, 2.24) is 4.90 Å². The van der Waals surface area contributed by atoms with Crippen LogP contribution in [0.15, 0.2) is 46.4 Å². The lowest BCUT2D eigenvalue weighted by molar-refractivity contribution is -0.141. The number of ether oxygens (including phenoxy) is 2. The summed E-state index contributed by atoms with van der Waals surface area (Å²) in [7, 11) is 2.56. The summed E-state index contributed by atoms with van der Waals surface area (Å²) in [5.41, 5.74) is 0.453. The third-order valence-corrected chi connectivity index (χ3v) is 3.24. The van der Waals surface area contributed by atoms with Gasteiger partial charge in [-0.25, -0.2) is 9.59 Å². The van der Waals surface area contributed by atoms with Gasteiger partial charge >= 0.3 is 11.9 Å². The lowest BCUT2D eigenvalue weighted by atomic mass is 9.95. The van der Waals surface area contributed by atoms with E-state index < -0.39 is 11.9 Å². The molecule has 0 spiro atoms. The summed E-state index contributed by atoms with van der Waals surface area (Å²) in [6, 6.07) is 3.55. The second-order valence-electron chi connectivity index (χ2n) is 4.58. The van der Waals surface area contributed by atoms with E-state index in [0.29, 0.717) is 12.3 Å². The number of esters is 2. The highest BCUT2D eigenvalue weighted by atomic mass is 16.5. The first kappa shape index (κ1) is 14.9. The van der Waals surface area contributed by atoms with Crippen LogP contribution < -0.4 is 0 Å². The smallest absolute Gasteiger partial charge is 0.355 e. The van der Waals surface area contributed by atoms with Crippen LogP contribution in [0.1, 0.15) is 12.7 Å². The van der Waals surface area contributed by atoms with Crippen LogP contribution in [0.3, 0.4) is 0 Å². The maximum Gasteiger partial charge on any atom is 0.355 e. The van der Waals surface area contributed by atoms with Gasteiger partial charge in [0, 0.05) is 12.1 Å². The van der Waals surface area contributed by atoms with E-state index in [-0.39, 0.29) is 17.2 Å². The maximum atomic E-state index is 12.1. The molecule has 0 bridgehead atoms. The molecule has 112 valence electrons. The Morgan fingerprint density at radius 3 is 2.57 bits per heavy atom. The van der Waals surface area contributed by atoms with Gasteiger partial charge in [-0.05, 0) is 12.1 Å². The average molecular weight is 291 g/mol. The third kappa shape index (κ3) is 2.99. The predicted molar refractivity (Wildman–Crippen MR) is 73.6 cm³/mol. The summed E-state index contributed by atoms with van der Waals surface area (Å²) in [6.45, 7) is 2.14. The number of nitrogens with zero attached hydrogens (tertiary/aromatic N) is 1. The molecule has 6 nitrogen and oxygen atoms in total. The zero-order valence-electron chi connectivity index (χ0n) is 12.2. The zero-order valence-corrected chi connectivity index (χ0v) is 12.2. The molecule has 0 N–H and O–H groups in total. The Hall–Kier alpha value is -2.50. The minimum Gasteiger partial charge on any atom is -0.467 e. The third-order valence-electron chi connectivity index (χ3n) is 3.24. The van der Waals surface area contributed by atoms with Crippen molar-refractivity contribution in [2.24, 2.45) is 5.92 Å². The number of methoxy groups -OCH3 is 2. The van der Waals surface area contributed by atoms with Crippen molar-refractivity contribution in [2.75, 3.05) is 14.2 Å². The molecule has 0 unspecified atom stereocenters. The highest BCUT2D eigenvalue weighted by molar-refractivity contribution is 6.01. The van der Waals surface area contributed by atoms with Crippen molar-refractivity contribution < 1.29 is 23.5 Å². The lowest BCUT2D eigenvalue weighted by Gasteiger charge is -2.28. The first-order valence-corrected chi connectivity index (χ1v) is 6.46. The Labute approximate surface area is 122 Å². The fraction of sp³-hybridized carbons (Fsp3) is 0.333. The Bertz CT molecular complexity index is 585. The second-order valence-corrected chi connectivity index (χ2v) is 4.58. The average Bonchev–Trinajstić information content (AvgIpc) is 3.00. The maximum absolute atomic E-state index is 12.1. The molecule has 0 radical (unpaired) electrons. The minimum absolute atomic E-state index is 0.177. The molecule has 0 aromatic carbocycles. The highest BCUT2D eigenvalue weighted by Crippen LogP contribution is 2.28. The van der Waals surface area contributed by atoms with E-state index in [9.17, 15) is 9.59 Å². The summed E-state index contributed by atoms with van der Waals surface area (Å²) < 4.78 is 14.9. The van der Waals surface area contributed by atoms with E-state index in [1.54, 1.807) is 29.5 Å². The molecule has 0 aliphatic carbocycles. The molecule has 0 fully saturated rings. The van der Waals surface area contributed by atoms with Gasteiger partial charge in [0.1, 0.15) is 11.5 Å². The van der Waals surface area contributed by atoms with Gasteiger partial charge in [-0.2, -0.15) is 0 Å². The van der Waals surface area contributed by atoms with E-state index in [0.717, 1.165) is 0 Å². The summed E-state index contributed by atoms with van der Waals surface area (Å²) in [5, 5.41) is 0. The normalized spacial score (nSPS) is 17.9. The monoisotopic (exact) mass is 291 g/mol. The molecule has 2 heterocycles. The molecular formula is C15H17NO5. The predicted octanol–water partition coefficient (Wildman–Crippen LogP) is 1.85. The van der Waals surface area contributed by atoms with Crippen LogP contribution in [0.25, 0.3) is 0 Å². The number of hydrogen-bond acceptors (Lipinski definition) is 6.